The molecule has 1 aliphatic heterocycles. The quantitative estimate of drug-likeness (QED) is 0.718. The molecule has 0 aliphatic carbocycles. The van der Waals surface area contributed by atoms with E-state index in [0.29, 0.717) is 28.3 Å². The van der Waals surface area contributed by atoms with Crippen LogP contribution in [-0.2, 0) is 13.0 Å². The summed E-state index contributed by atoms with van der Waals surface area (Å²) in [5, 5.41) is 9.50. The summed E-state index contributed by atoms with van der Waals surface area (Å²) in [7, 11) is 0. The van der Waals surface area contributed by atoms with Gasteiger partial charge in [0, 0.05) is 25.2 Å². The van der Waals surface area contributed by atoms with E-state index in [4.69, 9.17) is 16.9 Å². The molecule has 0 amide bonds. The van der Waals surface area contributed by atoms with Gasteiger partial charge in [0.2, 0.25) is 0 Å². The Morgan fingerprint density at radius 2 is 2.17 bits per heavy atom. The zero-order valence-corrected chi connectivity index (χ0v) is 12.8. The third-order valence-electron chi connectivity index (χ3n) is 4.07. The fourth-order valence-corrected chi connectivity index (χ4v) is 3.26. The van der Waals surface area contributed by atoms with Crippen molar-refractivity contribution < 1.29 is 0 Å². The molecule has 7 heteroatoms. The number of nitrogens with one attached hydrogen (secondary N) is 2. The zero-order chi connectivity index (χ0) is 16.0. The Labute approximate surface area is 136 Å². The molecule has 2 N–H and O–H groups in total. The molecule has 0 spiro atoms. The molecule has 0 fully saturated rings. The van der Waals surface area contributed by atoms with Crippen molar-refractivity contribution in [1.29, 1.82) is 5.26 Å². The van der Waals surface area contributed by atoms with Gasteiger partial charge in [-0.1, -0.05) is 11.6 Å². The van der Waals surface area contributed by atoms with E-state index in [0.717, 1.165) is 29.9 Å². The molecule has 0 saturated heterocycles. The number of fused-ring (bicyclic) bond motifs is 2. The van der Waals surface area contributed by atoms with Crippen LogP contribution in [0.5, 0.6) is 0 Å². The normalized spacial score (nSPS) is 13.8. The maximum atomic E-state index is 11.4. The fraction of sp³-hybridized carbons (Fsp3) is 0.188. The lowest BCUT2D eigenvalue weighted by molar-refractivity contribution is 0.716. The summed E-state index contributed by atoms with van der Waals surface area (Å²) < 4.78 is 0. The minimum atomic E-state index is -0.248. The predicted molar refractivity (Wildman–Crippen MR) is 87.6 cm³/mol. The van der Waals surface area contributed by atoms with Crippen LogP contribution in [0.3, 0.4) is 0 Å². The molecule has 1 aromatic carbocycles. The van der Waals surface area contributed by atoms with Crippen molar-refractivity contribution in [3.05, 3.63) is 56.6 Å². The second-order valence-electron chi connectivity index (χ2n) is 5.52. The maximum absolute atomic E-state index is 11.4. The van der Waals surface area contributed by atoms with Crippen molar-refractivity contribution in [1.82, 2.24) is 15.0 Å². The standard InChI is InChI=1S/C16H12ClN5O/c17-11-5-9(7-18)1-2-14(11)22-4-3-12-10(8-22)6-13-15(19-12)21-16(23)20-13/h1-2,5-6H,3-4,8H2,(H2,19,20,21,23). The van der Waals surface area contributed by atoms with Gasteiger partial charge in [-0.05, 0) is 29.8 Å². The number of benzene rings is 1. The first kappa shape index (κ1) is 13.9. The number of aromatic amines is 2. The molecule has 2 aromatic heterocycles. The van der Waals surface area contributed by atoms with Crippen molar-refractivity contribution >= 4 is 28.5 Å². The van der Waals surface area contributed by atoms with Gasteiger partial charge in [-0.15, -0.1) is 0 Å². The topological polar surface area (TPSA) is 88.6 Å². The fourth-order valence-electron chi connectivity index (χ4n) is 2.96. The Hall–Kier alpha value is -2.78. The number of H-pyrrole nitrogens is 2. The van der Waals surface area contributed by atoms with Gasteiger partial charge in [0.05, 0.1) is 27.9 Å². The van der Waals surface area contributed by atoms with E-state index in [-0.39, 0.29) is 5.69 Å². The molecule has 3 aromatic rings. The number of aromatic nitrogens is 3. The monoisotopic (exact) mass is 325 g/mol. The van der Waals surface area contributed by atoms with Crippen LogP contribution in [0.15, 0.2) is 29.1 Å². The number of hydrogen-bond acceptors (Lipinski definition) is 4. The molecule has 1 aliphatic rings. The van der Waals surface area contributed by atoms with Crippen molar-refractivity contribution in [3.8, 4) is 6.07 Å². The molecule has 114 valence electrons. The number of pyridine rings is 1. The van der Waals surface area contributed by atoms with E-state index >= 15 is 0 Å². The third kappa shape index (κ3) is 2.35. The van der Waals surface area contributed by atoms with Crippen LogP contribution < -0.4 is 10.6 Å². The largest absolute Gasteiger partial charge is 0.366 e. The van der Waals surface area contributed by atoms with Crippen molar-refractivity contribution in [2.45, 2.75) is 13.0 Å². The van der Waals surface area contributed by atoms with Gasteiger partial charge in [0.25, 0.3) is 0 Å². The molecular weight excluding hydrogens is 314 g/mol. The highest BCUT2D eigenvalue weighted by Crippen LogP contribution is 2.31. The molecule has 3 heterocycles. The summed E-state index contributed by atoms with van der Waals surface area (Å²) in [4.78, 5) is 23.5. The number of imidazole rings is 1. The number of rotatable bonds is 1. The molecule has 6 nitrogen and oxygen atoms in total. The first-order valence-electron chi connectivity index (χ1n) is 7.19. The number of anilines is 1. The van der Waals surface area contributed by atoms with E-state index < -0.39 is 0 Å². The molecule has 4 rings (SSSR count). The summed E-state index contributed by atoms with van der Waals surface area (Å²) >= 11 is 6.31. The molecule has 0 bridgehead atoms. The lowest BCUT2D eigenvalue weighted by Gasteiger charge is -2.30. The second-order valence-corrected chi connectivity index (χ2v) is 5.93. The minimum absolute atomic E-state index is 0.248. The Bertz CT molecular complexity index is 1010. The first-order valence-corrected chi connectivity index (χ1v) is 7.57. The number of halogens is 1. The SMILES string of the molecule is N#Cc1ccc(N2CCc3nc4[nH]c(=O)[nH]c4cc3C2)c(Cl)c1. The molecule has 0 radical (unpaired) electrons. The van der Waals surface area contributed by atoms with Crippen molar-refractivity contribution in [2.75, 3.05) is 11.4 Å². The highest BCUT2D eigenvalue weighted by Gasteiger charge is 2.21. The highest BCUT2D eigenvalue weighted by atomic mass is 35.5. The van der Waals surface area contributed by atoms with Crippen LogP contribution in [0.1, 0.15) is 16.8 Å². The van der Waals surface area contributed by atoms with Gasteiger partial charge in [-0.25, -0.2) is 9.78 Å². The first-order chi connectivity index (χ1) is 11.1. The van der Waals surface area contributed by atoms with Crippen LogP contribution >= 0.6 is 11.6 Å². The minimum Gasteiger partial charge on any atom is -0.366 e. The highest BCUT2D eigenvalue weighted by molar-refractivity contribution is 6.33. The van der Waals surface area contributed by atoms with Crippen LogP contribution in [0.25, 0.3) is 11.2 Å². The van der Waals surface area contributed by atoms with Crippen molar-refractivity contribution in [3.63, 3.8) is 0 Å². The smallest absolute Gasteiger partial charge is 0.325 e. The van der Waals surface area contributed by atoms with Gasteiger partial charge in [0.15, 0.2) is 5.65 Å². The average Bonchev–Trinajstić information content (AvgIpc) is 2.90. The maximum Gasteiger partial charge on any atom is 0.325 e. The van der Waals surface area contributed by atoms with Crippen LogP contribution in [0.2, 0.25) is 5.02 Å². The van der Waals surface area contributed by atoms with Crippen molar-refractivity contribution in [2.24, 2.45) is 0 Å². The van der Waals surface area contributed by atoms with Crippen LogP contribution in [-0.4, -0.2) is 21.5 Å². The number of nitriles is 1. The summed E-state index contributed by atoms with van der Waals surface area (Å²) in [6.07, 6.45) is 0.773. The van der Waals surface area contributed by atoms with E-state index in [9.17, 15) is 4.79 Å². The van der Waals surface area contributed by atoms with Crippen LogP contribution in [0, 0.1) is 11.3 Å². The average molecular weight is 326 g/mol. The van der Waals surface area contributed by atoms with Gasteiger partial charge in [0.1, 0.15) is 0 Å². The summed E-state index contributed by atoms with van der Waals surface area (Å²) in [5.41, 5.74) is 4.57. The van der Waals surface area contributed by atoms with Gasteiger partial charge in [-0.3, -0.25) is 4.98 Å². The molecule has 0 atom stereocenters. The molecule has 0 unspecified atom stereocenters. The lowest BCUT2D eigenvalue weighted by atomic mass is 10.0. The Kier molecular flexibility index (Phi) is 3.10. The third-order valence-corrected chi connectivity index (χ3v) is 4.37. The number of nitrogens with zero attached hydrogens (tertiary/aromatic N) is 3. The Balaban J connectivity index is 1.72. The molecule has 23 heavy (non-hydrogen) atoms. The second kappa shape index (κ2) is 5.14. The predicted octanol–water partition coefficient (Wildman–Crippen LogP) is 2.34. The molecule has 0 saturated carbocycles. The van der Waals surface area contributed by atoms with Gasteiger partial charge in [-0.2, -0.15) is 5.26 Å². The van der Waals surface area contributed by atoms with E-state index in [2.05, 4.69) is 25.9 Å². The van der Waals surface area contributed by atoms with Crippen LogP contribution in [0.4, 0.5) is 5.69 Å². The summed E-state index contributed by atoms with van der Waals surface area (Å²) in [6, 6.07) is 9.36. The van der Waals surface area contributed by atoms with Gasteiger partial charge >= 0.3 is 5.69 Å². The Morgan fingerprint density at radius 3 is 2.96 bits per heavy atom. The summed E-state index contributed by atoms with van der Waals surface area (Å²) in [5.74, 6) is 0. The molecular formula is C16H12ClN5O. The Morgan fingerprint density at radius 1 is 1.30 bits per heavy atom. The van der Waals surface area contributed by atoms with E-state index in [1.807, 2.05) is 12.1 Å². The van der Waals surface area contributed by atoms with Gasteiger partial charge < -0.3 is 9.88 Å². The summed E-state index contributed by atoms with van der Waals surface area (Å²) in [6.45, 7) is 1.45. The lowest BCUT2D eigenvalue weighted by Crippen LogP contribution is -2.31. The van der Waals surface area contributed by atoms with E-state index in [1.54, 1.807) is 12.1 Å². The zero-order valence-electron chi connectivity index (χ0n) is 12.1. The van der Waals surface area contributed by atoms with E-state index in [1.165, 1.54) is 0 Å². The number of hydrogen-bond donors (Lipinski definition) is 2.